The molecule has 0 saturated heterocycles. The summed E-state index contributed by atoms with van der Waals surface area (Å²) in [6.07, 6.45) is 0.531. The third-order valence-corrected chi connectivity index (χ3v) is 2.03. The molecule has 1 aromatic carbocycles. The first-order valence-corrected chi connectivity index (χ1v) is 4.20. The topological polar surface area (TPSA) is 42.9 Å². The molecule has 3 nitrogen and oxygen atoms in total. The summed E-state index contributed by atoms with van der Waals surface area (Å²) >= 11 is 0. The van der Waals surface area contributed by atoms with Gasteiger partial charge in [-0.1, -0.05) is 0 Å². The number of fused-ring (bicyclic) bond motifs is 1. The van der Waals surface area contributed by atoms with Gasteiger partial charge in [0.2, 0.25) is 0 Å². The molecule has 0 atom stereocenters. The zero-order chi connectivity index (χ0) is 11.0. The molecule has 0 bridgehead atoms. The van der Waals surface area contributed by atoms with E-state index in [1.807, 2.05) is 0 Å². The van der Waals surface area contributed by atoms with E-state index in [9.17, 15) is 13.6 Å². The van der Waals surface area contributed by atoms with Gasteiger partial charge in [0.1, 0.15) is 5.69 Å². The van der Waals surface area contributed by atoms with E-state index in [1.165, 1.54) is 0 Å². The fraction of sp³-hybridized carbons (Fsp3) is 0.100. The second kappa shape index (κ2) is 3.34. The number of carbonyl (C=O) groups is 1. The quantitative estimate of drug-likeness (QED) is 0.673. The zero-order valence-corrected chi connectivity index (χ0v) is 7.79. The number of rotatable bonds is 1. The Kier molecular flexibility index (Phi) is 2.15. The minimum atomic E-state index is -1.00. The second-order valence-corrected chi connectivity index (χ2v) is 3.07. The van der Waals surface area contributed by atoms with E-state index in [-0.39, 0.29) is 16.7 Å². The van der Waals surface area contributed by atoms with E-state index in [0.29, 0.717) is 12.0 Å². The number of hydrogen-bond acceptors (Lipinski definition) is 3. The molecule has 0 saturated carbocycles. The van der Waals surface area contributed by atoms with Crippen LogP contribution in [0.15, 0.2) is 12.1 Å². The highest BCUT2D eigenvalue weighted by atomic mass is 19.2. The van der Waals surface area contributed by atoms with E-state index in [2.05, 4.69) is 9.97 Å². The van der Waals surface area contributed by atoms with Crippen LogP contribution in [0.3, 0.4) is 0 Å². The molecule has 0 aliphatic rings. The van der Waals surface area contributed by atoms with Crippen LogP contribution in [0.4, 0.5) is 8.78 Å². The molecule has 0 fully saturated rings. The van der Waals surface area contributed by atoms with Crippen molar-refractivity contribution in [1.82, 2.24) is 9.97 Å². The van der Waals surface area contributed by atoms with Crippen molar-refractivity contribution in [1.29, 1.82) is 0 Å². The number of aryl methyl sites for hydroxylation is 1. The number of carbonyl (C=O) groups excluding carboxylic acids is 1. The molecule has 0 amide bonds. The Hall–Kier alpha value is -1.91. The molecule has 0 radical (unpaired) electrons. The van der Waals surface area contributed by atoms with Crippen molar-refractivity contribution in [3.8, 4) is 0 Å². The highest BCUT2D eigenvalue weighted by Gasteiger charge is 2.08. The monoisotopic (exact) mass is 208 g/mol. The number of aromatic nitrogens is 2. The van der Waals surface area contributed by atoms with Gasteiger partial charge >= 0.3 is 0 Å². The van der Waals surface area contributed by atoms with Crippen molar-refractivity contribution in [2.45, 2.75) is 6.92 Å². The van der Waals surface area contributed by atoms with E-state index < -0.39 is 11.6 Å². The van der Waals surface area contributed by atoms with Crippen molar-refractivity contribution in [2.75, 3.05) is 0 Å². The maximum absolute atomic E-state index is 12.9. The molecular weight excluding hydrogens is 202 g/mol. The summed E-state index contributed by atoms with van der Waals surface area (Å²) < 4.78 is 25.7. The molecule has 0 aliphatic heterocycles. The van der Waals surface area contributed by atoms with Crippen LogP contribution in [0, 0.1) is 18.6 Å². The average molecular weight is 208 g/mol. The van der Waals surface area contributed by atoms with Gasteiger partial charge in [-0.25, -0.2) is 18.7 Å². The summed E-state index contributed by atoms with van der Waals surface area (Å²) in [5.41, 5.74) is 0.926. The van der Waals surface area contributed by atoms with Gasteiger partial charge in [-0.05, 0) is 6.92 Å². The summed E-state index contributed by atoms with van der Waals surface area (Å²) in [7, 11) is 0. The van der Waals surface area contributed by atoms with Gasteiger partial charge < -0.3 is 0 Å². The average Bonchev–Trinajstić information content (AvgIpc) is 2.20. The molecule has 0 N–H and O–H groups in total. The Morgan fingerprint density at radius 3 is 2.20 bits per heavy atom. The van der Waals surface area contributed by atoms with E-state index in [1.54, 1.807) is 6.92 Å². The molecule has 5 heteroatoms. The van der Waals surface area contributed by atoms with Gasteiger partial charge in [-0.2, -0.15) is 0 Å². The SMILES string of the molecule is Cc1nc2cc(F)c(F)cc2nc1C=O. The van der Waals surface area contributed by atoms with Gasteiger partial charge in [-0.3, -0.25) is 4.79 Å². The smallest absolute Gasteiger partial charge is 0.170 e. The lowest BCUT2D eigenvalue weighted by Gasteiger charge is -2.01. The summed E-state index contributed by atoms with van der Waals surface area (Å²) in [6, 6.07) is 1.88. The fourth-order valence-corrected chi connectivity index (χ4v) is 1.27. The number of halogens is 2. The molecule has 0 spiro atoms. The lowest BCUT2D eigenvalue weighted by atomic mass is 10.2. The van der Waals surface area contributed by atoms with Gasteiger partial charge in [-0.15, -0.1) is 0 Å². The van der Waals surface area contributed by atoms with E-state index in [0.717, 1.165) is 12.1 Å². The van der Waals surface area contributed by atoms with Crippen LogP contribution < -0.4 is 0 Å². The lowest BCUT2D eigenvalue weighted by Crippen LogP contribution is -1.98. The number of hydrogen-bond donors (Lipinski definition) is 0. The lowest BCUT2D eigenvalue weighted by molar-refractivity contribution is 0.111. The van der Waals surface area contributed by atoms with Crippen LogP contribution >= 0.6 is 0 Å². The van der Waals surface area contributed by atoms with Crippen molar-refractivity contribution in [2.24, 2.45) is 0 Å². The molecule has 2 rings (SSSR count). The number of nitrogens with zero attached hydrogens (tertiary/aromatic N) is 2. The minimum Gasteiger partial charge on any atom is -0.296 e. The van der Waals surface area contributed by atoms with Crippen LogP contribution in [-0.2, 0) is 0 Å². The largest absolute Gasteiger partial charge is 0.296 e. The number of benzene rings is 1. The van der Waals surface area contributed by atoms with Crippen molar-refractivity contribution >= 4 is 17.3 Å². The van der Waals surface area contributed by atoms with Gasteiger partial charge in [0.25, 0.3) is 0 Å². The highest BCUT2D eigenvalue weighted by molar-refractivity contribution is 5.81. The first-order valence-electron chi connectivity index (χ1n) is 4.20. The van der Waals surface area contributed by atoms with E-state index >= 15 is 0 Å². The van der Waals surface area contributed by atoms with Gasteiger partial charge in [0, 0.05) is 12.1 Å². The summed E-state index contributed by atoms with van der Waals surface area (Å²) in [4.78, 5) is 18.4. The summed E-state index contributed by atoms with van der Waals surface area (Å²) in [5, 5.41) is 0. The van der Waals surface area contributed by atoms with Crippen LogP contribution in [0.25, 0.3) is 11.0 Å². The van der Waals surface area contributed by atoms with Crippen molar-refractivity contribution in [3.05, 3.63) is 35.2 Å². The molecule has 1 aromatic heterocycles. The predicted molar refractivity (Wildman–Crippen MR) is 49.6 cm³/mol. The first-order chi connectivity index (χ1) is 7.11. The highest BCUT2D eigenvalue weighted by Crippen LogP contribution is 2.16. The molecule has 0 unspecified atom stereocenters. The number of aldehydes is 1. The van der Waals surface area contributed by atoms with Crippen LogP contribution in [0.5, 0.6) is 0 Å². The summed E-state index contributed by atoms with van der Waals surface area (Å²) in [5.74, 6) is -1.98. The first kappa shape index (κ1) is 9.64. The van der Waals surface area contributed by atoms with Crippen molar-refractivity contribution < 1.29 is 13.6 Å². The van der Waals surface area contributed by atoms with Crippen LogP contribution in [-0.4, -0.2) is 16.3 Å². The van der Waals surface area contributed by atoms with Gasteiger partial charge in [0.15, 0.2) is 17.9 Å². The fourth-order valence-electron chi connectivity index (χ4n) is 1.27. The molecule has 15 heavy (non-hydrogen) atoms. The summed E-state index contributed by atoms with van der Waals surface area (Å²) in [6.45, 7) is 1.58. The third-order valence-electron chi connectivity index (χ3n) is 2.03. The Morgan fingerprint density at radius 1 is 1.13 bits per heavy atom. The van der Waals surface area contributed by atoms with Crippen molar-refractivity contribution in [3.63, 3.8) is 0 Å². The predicted octanol–water partition coefficient (Wildman–Crippen LogP) is 2.03. The van der Waals surface area contributed by atoms with E-state index in [4.69, 9.17) is 0 Å². The maximum Gasteiger partial charge on any atom is 0.170 e. The molecule has 76 valence electrons. The van der Waals surface area contributed by atoms with Gasteiger partial charge in [0.05, 0.1) is 16.7 Å². The Morgan fingerprint density at radius 2 is 1.67 bits per heavy atom. The molecule has 2 aromatic rings. The van der Waals surface area contributed by atoms with Crippen LogP contribution in [0.2, 0.25) is 0 Å². The molecule has 0 aliphatic carbocycles. The third kappa shape index (κ3) is 1.56. The minimum absolute atomic E-state index is 0.133. The standard InChI is InChI=1S/C10H6F2N2O/c1-5-10(4-15)14-9-3-7(12)6(11)2-8(9)13-5/h2-4H,1H3. The Labute approximate surface area is 83.8 Å². The molecule has 1 heterocycles. The zero-order valence-electron chi connectivity index (χ0n) is 7.79. The Balaban J connectivity index is 2.82. The second-order valence-electron chi connectivity index (χ2n) is 3.07. The molecular formula is C10H6F2N2O. The normalized spacial score (nSPS) is 10.6. The Bertz CT molecular complexity index is 555. The maximum atomic E-state index is 12.9. The van der Waals surface area contributed by atoms with Crippen LogP contribution in [0.1, 0.15) is 16.2 Å².